The van der Waals surface area contributed by atoms with Gasteiger partial charge in [-0.05, 0) is 43.7 Å². The summed E-state index contributed by atoms with van der Waals surface area (Å²) >= 11 is 1.01. The lowest BCUT2D eigenvalue weighted by Crippen LogP contribution is -2.13. The third-order valence-electron chi connectivity index (χ3n) is 4.76. The lowest BCUT2D eigenvalue weighted by molar-refractivity contribution is -0.132. The van der Waals surface area contributed by atoms with E-state index in [1.807, 2.05) is 6.92 Å². The minimum Gasteiger partial charge on any atom is -0.490 e. The summed E-state index contributed by atoms with van der Waals surface area (Å²) in [5.41, 5.74) is -0.704. The van der Waals surface area contributed by atoms with Gasteiger partial charge < -0.3 is 9.84 Å². The molecule has 2 N–H and O–H groups in total. The molecule has 0 bridgehead atoms. The molecule has 0 radical (unpaired) electrons. The molecule has 0 aliphatic heterocycles. The standard InChI is InChI=1S/C24H21F3N2O4S/c1-3-4-8-33-20-7-5-6-15(21(20)27)19-12-34-24(28-19)29-22(30)14-10-17(25)16(18(26)11-14)9-13(2)23(31)32/h5-7,9-12H,3-4,8H2,1-2H3,(H,31,32)(H,28,29,30)/b13-9+. The van der Waals surface area contributed by atoms with Gasteiger partial charge in [-0.2, -0.15) is 0 Å². The SMILES string of the molecule is CCCCOc1cccc(-c2csc(NC(=O)c3cc(F)c(/C=C(\C)C(=O)O)c(F)c3)n2)c1F. The molecule has 1 amide bonds. The third kappa shape index (κ3) is 5.82. The number of anilines is 1. The highest BCUT2D eigenvalue weighted by Crippen LogP contribution is 2.31. The average molecular weight is 491 g/mol. The van der Waals surface area contributed by atoms with E-state index in [2.05, 4.69) is 10.3 Å². The van der Waals surface area contributed by atoms with Gasteiger partial charge in [0.25, 0.3) is 5.91 Å². The quantitative estimate of drug-likeness (QED) is 0.278. The van der Waals surface area contributed by atoms with Crippen LogP contribution >= 0.6 is 11.3 Å². The van der Waals surface area contributed by atoms with Gasteiger partial charge >= 0.3 is 5.97 Å². The van der Waals surface area contributed by atoms with Gasteiger partial charge in [-0.1, -0.05) is 19.4 Å². The zero-order valence-corrected chi connectivity index (χ0v) is 19.1. The summed E-state index contributed by atoms with van der Waals surface area (Å²) < 4.78 is 48.9. The highest BCUT2D eigenvalue weighted by Gasteiger charge is 2.18. The summed E-state index contributed by atoms with van der Waals surface area (Å²) in [7, 11) is 0. The van der Waals surface area contributed by atoms with Gasteiger partial charge in [-0.3, -0.25) is 10.1 Å². The molecular formula is C24H21F3N2O4S. The molecule has 1 aromatic heterocycles. The number of unbranched alkanes of at least 4 members (excludes halogenated alkanes) is 1. The van der Waals surface area contributed by atoms with E-state index in [1.54, 1.807) is 6.07 Å². The van der Waals surface area contributed by atoms with E-state index in [9.17, 15) is 22.8 Å². The Morgan fingerprint density at radius 2 is 1.91 bits per heavy atom. The van der Waals surface area contributed by atoms with Crippen molar-refractivity contribution in [2.24, 2.45) is 0 Å². The lowest BCUT2D eigenvalue weighted by atomic mass is 10.1. The van der Waals surface area contributed by atoms with E-state index in [-0.39, 0.29) is 33.3 Å². The number of nitrogens with zero attached hydrogens (tertiary/aromatic N) is 1. The van der Waals surface area contributed by atoms with E-state index < -0.39 is 34.9 Å². The smallest absolute Gasteiger partial charge is 0.331 e. The van der Waals surface area contributed by atoms with Crippen LogP contribution in [-0.2, 0) is 4.79 Å². The number of carboxylic acid groups (broad SMARTS) is 1. The van der Waals surface area contributed by atoms with Gasteiger partial charge in [0, 0.05) is 27.6 Å². The fraction of sp³-hybridized carbons (Fsp3) is 0.208. The average Bonchev–Trinajstić information content (AvgIpc) is 3.25. The fourth-order valence-electron chi connectivity index (χ4n) is 2.90. The van der Waals surface area contributed by atoms with Crippen molar-refractivity contribution in [2.75, 3.05) is 11.9 Å². The number of aliphatic carboxylic acids is 1. The molecule has 6 nitrogen and oxygen atoms in total. The summed E-state index contributed by atoms with van der Waals surface area (Å²) in [5, 5.41) is 12.9. The molecule has 0 aliphatic carbocycles. The topological polar surface area (TPSA) is 88.5 Å². The fourth-order valence-corrected chi connectivity index (χ4v) is 3.61. The van der Waals surface area contributed by atoms with Gasteiger partial charge in [-0.25, -0.2) is 22.9 Å². The maximum atomic E-state index is 14.8. The molecule has 3 aromatic rings. The van der Waals surface area contributed by atoms with Crippen molar-refractivity contribution < 1.29 is 32.6 Å². The van der Waals surface area contributed by atoms with Gasteiger partial charge in [0.2, 0.25) is 0 Å². The van der Waals surface area contributed by atoms with Crippen LogP contribution in [0.15, 0.2) is 41.3 Å². The van der Waals surface area contributed by atoms with Gasteiger partial charge in [0.05, 0.1) is 12.3 Å². The van der Waals surface area contributed by atoms with E-state index in [1.165, 1.54) is 24.4 Å². The summed E-state index contributed by atoms with van der Waals surface area (Å²) in [4.78, 5) is 27.6. The number of rotatable bonds is 9. The molecule has 34 heavy (non-hydrogen) atoms. The van der Waals surface area contributed by atoms with Crippen molar-refractivity contribution in [3.8, 4) is 17.0 Å². The molecule has 3 rings (SSSR count). The molecule has 2 aromatic carbocycles. The first-order chi connectivity index (χ1) is 16.2. The van der Waals surface area contributed by atoms with E-state index >= 15 is 0 Å². The number of hydrogen-bond acceptors (Lipinski definition) is 5. The number of carboxylic acids is 1. The zero-order chi connectivity index (χ0) is 24.8. The molecule has 10 heteroatoms. The van der Waals surface area contributed by atoms with Crippen LogP contribution < -0.4 is 10.1 Å². The maximum absolute atomic E-state index is 14.8. The van der Waals surface area contributed by atoms with Crippen molar-refractivity contribution in [1.29, 1.82) is 0 Å². The van der Waals surface area contributed by atoms with Crippen LogP contribution in [0.3, 0.4) is 0 Å². The Morgan fingerprint density at radius 3 is 2.56 bits per heavy atom. The van der Waals surface area contributed by atoms with Crippen molar-refractivity contribution in [3.63, 3.8) is 0 Å². The predicted molar refractivity (Wildman–Crippen MR) is 124 cm³/mol. The number of carbonyl (C=O) groups excluding carboxylic acids is 1. The van der Waals surface area contributed by atoms with Crippen molar-refractivity contribution in [2.45, 2.75) is 26.7 Å². The van der Waals surface area contributed by atoms with Crippen LogP contribution in [0.4, 0.5) is 18.3 Å². The van der Waals surface area contributed by atoms with Crippen LogP contribution in [0.2, 0.25) is 0 Å². The number of nitrogens with one attached hydrogen (secondary N) is 1. The number of carbonyl (C=O) groups is 2. The molecule has 178 valence electrons. The summed E-state index contributed by atoms with van der Waals surface area (Å²) in [6, 6.07) is 6.27. The number of halogens is 3. The zero-order valence-electron chi connectivity index (χ0n) is 18.3. The largest absolute Gasteiger partial charge is 0.490 e. The van der Waals surface area contributed by atoms with E-state index in [0.29, 0.717) is 6.61 Å². The molecule has 0 unspecified atom stereocenters. The first-order valence-corrected chi connectivity index (χ1v) is 11.2. The molecule has 0 spiro atoms. The third-order valence-corrected chi connectivity index (χ3v) is 5.52. The van der Waals surface area contributed by atoms with Crippen LogP contribution in [0.25, 0.3) is 17.3 Å². The van der Waals surface area contributed by atoms with Gasteiger partial charge in [0.15, 0.2) is 16.7 Å². The summed E-state index contributed by atoms with van der Waals surface area (Å²) in [6.45, 7) is 3.57. The van der Waals surface area contributed by atoms with Crippen LogP contribution in [0.5, 0.6) is 5.75 Å². The van der Waals surface area contributed by atoms with Crippen LogP contribution in [0, 0.1) is 17.5 Å². The lowest BCUT2D eigenvalue weighted by Gasteiger charge is -2.08. The Kier molecular flexibility index (Phi) is 8.06. The van der Waals surface area contributed by atoms with E-state index in [0.717, 1.165) is 42.4 Å². The Bertz CT molecular complexity index is 1230. The van der Waals surface area contributed by atoms with Crippen LogP contribution in [0.1, 0.15) is 42.6 Å². The number of amides is 1. The first kappa shape index (κ1) is 25.0. The molecule has 1 heterocycles. The molecule has 0 fully saturated rings. The molecule has 0 saturated heterocycles. The van der Waals surface area contributed by atoms with Crippen LogP contribution in [-0.4, -0.2) is 28.6 Å². The molecular weight excluding hydrogens is 469 g/mol. The number of aromatic nitrogens is 1. The van der Waals surface area contributed by atoms with Crippen molar-refractivity contribution >= 4 is 34.4 Å². The normalized spacial score (nSPS) is 11.4. The van der Waals surface area contributed by atoms with Gasteiger partial charge in [0.1, 0.15) is 11.6 Å². The number of thiazole rings is 1. The molecule has 0 aliphatic rings. The minimum absolute atomic E-state index is 0.0998. The Balaban J connectivity index is 1.78. The second-order valence-electron chi connectivity index (χ2n) is 7.30. The summed E-state index contributed by atoms with van der Waals surface area (Å²) in [5.74, 6) is -4.81. The number of hydrogen-bond donors (Lipinski definition) is 2. The predicted octanol–water partition coefficient (Wildman–Crippen LogP) is 6.15. The van der Waals surface area contributed by atoms with Crippen molar-refractivity contribution in [3.05, 3.63) is 69.9 Å². The van der Waals surface area contributed by atoms with Gasteiger partial charge in [-0.15, -0.1) is 11.3 Å². The highest BCUT2D eigenvalue weighted by molar-refractivity contribution is 7.14. The molecule has 0 saturated carbocycles. The monoisotopic (exact) mass is 490 g/mol. The maximum Gasteiger partial charge on any atom is 0.331 e. The summed E-state index contributed by atoms with van der Waals surface area (Å²) in [6.07, 6.45) is 2.54. The Hall–Kier alpha value is -3.66. The molecule has 0 atom stereocenters. The number of benzene rings is 2. The van der Waals surface area contributed by atoms with Crippen molar-refractivity contribution in [1.82, 2.24) is 4.98 Å². The van der Waals surface area contributed by atoms with E-state index in [4.69, 9.17) is 9.84 Å². The highest BCUT2D eigenvalue weighted by atomic mass is 32.1. The first-order valence-electron chi connectivity index (χ1n) is 10.3. The minimum atomic E-state index is -1.32. The second-order valence-corrected chi connectivity index (χ2v) is 8.16. The second kappa shape index (κ2) is 11.0. The Labute approximate surface area is 197 Å². The Morgan fingerprint density at radius 1 is 1.21 bits per heavy atom. The number of ether oxygens (including phenoxy) is 1.